The fraction of sp³-hybridized carbons (Fsp3) is 0.0526. The van der Waals surface area contributed by atoms with Crippen LogP contribution in [0.1, 0.15) is 15.2 Å². The average Bonchev–Trinajstić information content (AvgIpc) is 3.06. The number of halogens is 1. The maximum absolute atomic E-state index is 12.9. The number of aromatic nitrogens is 3. The molecule has 128 valence electrons. The number of benzene rings is 1. The van der Waals surface area contributed by atoms with Crippen LogP contribution < -0.4 is 5.32 Å². The molecule has 4 rings (SSSR count). The van der Waals surface area contributed by atoms with E-state index in [0.29, 0.717) is 16.4 Å². The van der Waals surface area contributed by atoms with Gasteiger partial charge in [-0.1, -0.05) is 22.0 Å². The SMILES string of the molecule is Cc1cnc(NC(=O)c2cc(-c3ccccn3)nc3ccc(Br)cc23)s1. The van der Waals surface area contributed by atoms with Gasteiger partial charge in [0.15, 0.2) is 5.13 Å². The number of nitrogens with one attached hydrogen (secondary N) is 1. The lowest BCUT2D eigenvalue weighted by atomic mass is 10.1. The van der Waals surface area contributed by atoms with Gasteiger partial charge < -0.3 is 0 Å². The van der Waals surface area contributed by atoms with E-state index in [2.05, 4.69) is 36.2 Å². The molecule has 0 saturated carbocycles. The van der Waals surface area contributed by atoms with Gasteiger partial charge in [0.05, 0.1) is 22.5 Å². The lowest BCUT2D eigenvalue weighted by Gasteiger charge is -2.09. The number of hydrogen-bond donors (Lipinski definition) is 1. The number of pyridine rings is 2. The minimum Gasteiger partial charge on any atom is -0.298 e. The predicted molar refractivity (Wildman–Crippen MR) is 107 cm³/mol. The highest BCUT2D eigenvalue weighted by atomic mass is 79.9. The minimum atomic E-state index is -0.220. The Morgan fingerprint density at radius 3 is 2.73 bits per heavy atom. The van der Waals surface area contributed by atoms with Crippen molar-refractivity contribution in [2.24, 2.45) is 0 Å². The van der Waals surface area contributed by atoms with Crippen LogP contribution in [-0.2, 0) is 0 Å². The maximum Gasteiger partial charge on any atom is 0.258 e. The third kappa shape index (κ3) is 3.36. The fourth-order valence-corrected chi connectivity index (χ4v) is 3.63. The van der Waals surface area contributed by atoms with Crippen LogP contribution in [0.15, 0.2) is 59.3 Å². The summed E-state index contributed by atoms with van der Waals surface area (Å²) in [5.41, 5.74) is 2.64. The van der Waals surface area contributed by atoms with Crippen LogP contribution >= 0.6 is 27.3 Å². The van der Waals surface area contributed by atoms with Crippen molar-refractivity contribution in [3.8, 4) is 11.4 Å². The van der Waals surface area contributed by atoms with E-state index in [9.17, 15) is 4.79 Å². The minimum absolute atomic E-state index is 0.220. The number of anilines is 1. The highest BCUT2D eigenvalue weighted by molar-refractivity contribution is 9.10. The molecular formula is C19H13BrN4OS. The normalized spacial score (nSPS) is 10.8. The topological polar surface area (TPSA) is 67.8 Å². The Bertz CT molecular complexity index is 1110. The molecule has 0 aliphatic heterocycles. The Kier molecular flexibility index (Phi) is 4.48. The van der Waals surface area contributed by atoms with Crippen molar-refractivity contribution in [2.75, 3.05) is 5.32 Å². The summed E-state index contributed by atoms with van der Waals surface area (Å²) in [6.45, 7) is 1.95. The number of hydrogen-bond acceptors (Lipinski definition) is 5. The summed E-state index contributed by atoms with van der Waals surface area (Å²) in [5, 5.41) is 4.22. The lowest BCUT2D eigenvalue weighted by molar-refractivity contribution is 0.102. The van der Waals surface area contributed by atoms with Gasteiger partial charge in [0.2, 0.25) is 0 Å². The molecule has 4 aromatic rings. The molecule has 1 amide bonds. The van der Waals surface area contributed by atoms with Crippen LogP contribution in [0.4, 0.5) is 5.13 Å². The second-order valence-electron chi connectivity index (χ2n) is 5.66. The molecule has 1 N–H and O–H groups in total. The number of fused-ring (bicyclic) bond motifs is 1. The monoisotopic (exact) mass is 424 g/mol. The first-order valence-corrected chi connectivity index (χ1v) is 9.46. The summed E-state index contributed by atoms with van der Waals surface area (Å²) >= 11 is 4.91. The molecular weight excluding hydrogens is 412 g/mol. The molecule has 0 saturated heterocycles. The Labute approximate surface area is 162 Å². The van der Waals surface area contributed by atoms with Crippen LogP contribution in [0.25, 0.3) is 22.3 Å². The van der Waals surface area contributed by atoms with E-state index < -0.39 is 0 Å². The van der Waals surface area contributed by atoms with Crippen LogP contribution in [0.5, 0.6) is 0 Å². The molecule has 0 aliphatic rings. The summed E-state index contributed by atoms with van der Waals surface area (Å²) in [6, 6.07) is 13.1. The van der Waals surface area contributed by atoms with Gasteiger partial charge in [-0.05, 0) is 43.3 Å². The van der Waals surface area contributed by atoms with Gasteiger partial charge in [-0.3, -0.25) is 15.1 Å². The molecule has 7 heteroatoms. The smallest absolute Gasteiger partial charge is 0.258 e. The molecule has 0 unspecified atom stereocenters. The highest BCUT2D eigenvalue weighted by Crippen LogP contribution is 2.27. The summed E-state index contributed by atoms with van der Waals surface area (Å²) < 4.78 is 0.886. The van der Waals surface area contributed by atoms with Crippen molar-refractivity contribution in [1.29, 1.82) is 0 Å². The second kappa shape index (κ2) is 6.93. The number of carbonyl (C=O) groups is 1. The largest absolute Gasteiger partial charge is 0.298 e. The van der Waals surface area contributed by atoms with Crippen molar-refractivity contribution >= 4 is 49.2 Å². The van der Waals surface area contributed by atoms with Crippen molar-refractivity contribution in [3.63, 3.8) is 0 Å². The Morgan fingerprint density at radius 2 is 2.00 bits per heavy atom. The first-order valence-electron chi connectivity index (χ1n) is 7.85. The van der Waals surface area contributed by atoms with Crippen molar-refractivity contribution < 1.29 is 4.79 Å². The van der Waals surface area contributed by atoms with Crippen LogP contribution in [0, 0.1) is 6.92 Å². The van der Waals surface area contributed by atoms with E-state index in [4.69, 9.17) is 0 Å². The third-order valence-electron chi connectivity index (χ3n) is 3.78. The van der Waals surface area contributed by atoms with E-state index in [1.54, 1.807) is 18.5 Å². The quantitative estimate of drug-likeness (QED) is 0.497. The van der Waals surface area contributed by atoms with Gasteiger partial charge in [0.1, 0.15) is 0 Å². The van der Waals surface area contributed by atoms with Gasteiger partial charge in [-0.2, -0.15) is 0 Å². The summed E-state index contributed by atoms with van der Waals surface area (Å²) in [5.74, 6) is -0.220. The molecule has 3 aromatic heterocycles. The predicted octanol–water partition coefficient (Wildman–Crippen LogP) is 5.08. The molecule has 1 aromatic carbocycles. The molecule has 0 aliphatic carbocycles. The zero-order valence-electron chi connectivity index (χ0n) is 13.7. The molecule has 26 heavy (non-hydrogen) atoms. The Morgan fingerprint density at radius 1 is 1.12 bits per heavy atom. The molecule has 0 radical (unpaired) electrons. The van der Waals surface area contributed by atoms with E-state index in [0.717, 1.165) is 25.9 Å². The van der Waals surface area contributed by atoms with Gasteiger partial charge in [0.25, 0.3) is 5.91 Å². The Balaban J connectivity index is 1.85. The number of aryl methyl sites for hydroxylation is 1. The van der Waals surface area contributed by atoms with E-state index in [1.165, 1.54) is 11.3 Å². The number of rotatable bonds is 3. The summed E-state index contributed by atoms with van der Waals surface area (Å²) in [4.78, 5) is 27.2. The molecule has 3 heterocycles. The number of amides is 1. The van der Waals surface area contributed by atoms with Gasteiger partial charge >= 0.3 is 0 Å². The van der Waals surface area contributed by atoms with Crippen molar-refractivity contribution in [3.05, 3.63) is 69.8 Å². The molecule has 0 atom stereocenters. The average molecular weight is 425 g/mol. The molecule has 0 spiro atoms. The first-order chi connectivity index (χ1) is 12.6. The number of carbonyl (C=O) groups excluding carboxylic acids is 1. The van der Waals surface area contributed by atoms with Gasteiger partial charge in [-0.25, -0.2) is 9.97 Å². The maximum atomic E-state index is 12.9. The number of thiazole rings is 1. The number of nitrogens with zero attached hydrogens (tertiary/aromatic N) is 3. The third-order valence-corrected chi connectivity index (χ3v) is 5.11. The lowest BCUT2D eigenvalue weighted by Crippen LogP contribution is -2.13. The zero-order valence-corrected chi connectivity index (χ0v) is 16.1. The van der Waals surface area contributed by atoms with Crippen LogP contribution in [0.3, 0.4) is 0 Å². The summed E-state index contributed by atoms with van der Waals surface area (Å²) in [6.07, 6.45) is 3.45. The van der Waals surface area contributed by atoms with Crippen LogP contribution in [0.2, 0.25) is 0 Å². The molecule has 5 nitrogen and oxygen atoms in total. The van der Waals surface area contributed by atoms with E-state index in [1.807, 2.05) is 43.3 Å². The van der Waals surface area contributed by atoms with Crippen molar-refractivity contribution in [1.82, 2.24) is 15.0 Å². The van der Waals surface area contributed by atoms with Gasteiger partial charge in [-0.15, -0.1) is 11.3 Å². The molecule has 0 bridgehead atoms. The zero-order chi connectivity index (χ0) is 18.1. The van der Waals surface area contributed by atoms with E-state index in [-0.39, 0.29) is 5.91 Å². The standard InChI is InChI=1S/C19H13BrN4OS/c1-11-10-22-19(26-11)24-18(25)14-9-17(16-4-2-3-7-21-16)23-15-6-5-12(20)8-13(14)15/h2-10H,1H3,(H,22,24,25). The Hall–Kier alpha value is -2.64. The first kappa shape index (κ1) is 16.8. The van der Waals surface area contributed by atoms with Crippen molar-refractivity contribution in [2.45, 2.75) is 6.92 Å². The fourth-order valence-electron chi connectivity index (χ4n) is 2.61. The summed E-state index contributed by atoms with van der Waals surface area (Å²) in [7, 11) is 0. The molecule has 0 fully saturated rings. The van der Waals surface area contributed by atoms with E-state index >= 15 is 0 Å². The highest BCUT2D eigenvalue weighted by Gasteiger charge is 2.16. The van der Waals surface area contributed by atoms with Crippen LogP contribution in [-0.4, -0.2) is 20.9 Å². The van der Waals surface area contributed by atoms with Gasteiger partial charge in [0, 0.05) is 27.1 Å². The second-order valence-corrected chi connectivity index (χ2v) is 7.81.